The van der Waals surface area contributed by atoms with Gasteiger partial charge >= 0.3 is 0 Å². The molecule has 1 aromatic carbocycles. The smallest absolute Gasteiger partial charge is 0.0187 e. The van der Waals surface area contributed by atoms with Gasteiger partial charge in [-0.2, -0.15) is 0 Å². The summed E-state index contributed by atoms with van der Waals surface area (Å²) in [5.74, 6) is 0. The molecule has 0 saturated heterocycles. The van der Waals surface area contributed by atoms with E-state index in [9.17, 15) is 0 Å². The zero-order chi connectivity index (χ0) is 8.97. The van der Waals surface area contributed by atoms with Crippen molar-refractivity contribution in [1.82, 2.24) is 0 Å². The molecule has 0 unspecified atom stereocenters. The van der Waals surface area contributed by atoms with Crippen LogP contribution in [-0.4, -0.2) is 0 Å². The summed E-state index contributed by atoms with van der Waals surface area (Å²) in [7, 11) is 0. The summed E-state index contributed by atoms with van der Waals surface area (Å²) < 4.78 is 0. The van der Waals surface area contributed by atoms with Crippen molar-refractivity contribution >= 4 is 12.2 Å². The van der Waals surface area contributed by atoms with Crippen LogP contribution in [0.15, 0.2) is 31.4 Å². The van der Waals surface area contributed by atoms with Gasteiger partial charge in [0.1, 0.15) is 0 Å². The second-order valence-electron chi connectivity index (χ2n) is 2.73. The molecule has 0 fully saturated rings. The van der Waals surface area contributed by atoms with E-state index < -0.39 is 0 Å². The molecule has 0 saturated carbocycles. The summed E-state index contributed by atoms with van der Waals surface area (Å²) in [6.45, 7) is 9.66. The molecule has 0 heterocycles. The van der Waals surface area contributed by atoms with Crippen molar-refractivity contribution in [2.45, 2.75) is 20.8 Å². The third kappa shape index (κ3) is 2.59. The first-order valence-corrected chi connectivity index (χ1v) is 4.19. The van der Waals surface area contributed by atoms with Crippen molar-refractivity contribution in [3.63, 3.8) is 0 Å². The van der Waals surface area contributed by atoms with Gasteiger partial charge in [0.25, 0.3) is 0 Å². The Hall–Kier alpha value is -1.30. The highest BCUT2D eigenvalue weighted by atomic mass is 14.0. The lowest BCUT2D eigenvalue weighted by Gasteiger charge is -2.02. The van der Waals surface area contributed by atoms with E-state index in [1.165, 1.54) is 11.1 Å². The quantitative estimate of drug-likeness (QED) is 0.645. The van der Waals surface area contributed by atoms with E-state index in [2.05, 4.69) is 38.3 Å². The fraction of sp³-hybridized carbons (Fsp3) is 0.231. The third-order valence-electron chi connectivity index (χ3n) is 2.00. The Morgan fingerprint density at radius 3 is 2.23 bits per heavy atom. The van der Waals surface area contributed by atoms with Crippen LogP contribution >= 0.6 is 0 Å². The minimum atomic E-state index is 0. The standard InChI is InChI=1S/C12H14.CH4/c1-4-10-7-8-11(5-2)12(6-3)9-10;/h5-9H,2-4H2,1H3;1H4. The van der Waals surface area contributed by atoms with E-state index in [1.54, 1.807) is 0 Å². The highest BCUT2D eigenvalue weighted by Crippen LogP contribution is 2.14. The molecular weight excluding hydrogens is 156 g/mol. The van der Waals surface area contributed by atoms with E-state index in [1.807, 2.05) is 12.2 Å². The van der Waals surface area contributed by atoms with Crippen molar-refractivity contribution < 1.29 is 0 Å². The van der Waals surface area contributed by atoms with E-state index >= 15 is 0 Å². The molecule has 0 aromatic heterocycles. The number of hydrogen-bond donors (Lipinski definition) is 0. The van der Waals surface area contributed by atoms with Crippen molar-refractivity contribution in [2.75, 3.05) is 0 Å². The van der Waals surface area contributed by atoms with E-state index in [4.69, 9.17) is 0 Å². The normalized spacial score (nSPS) is 8.69. The minimum absolute atomic E-state index is 0. The van der Waals surface area contributed by atoms with Gasteiger partial charge in [0, 0.05) is 0 Å². The van der Waals surface area contributed by atoms with E-state index in [0.717, 1.165) is 12.0 Å². The molecule has 1 rings (SSSR count). The first-order chi connectivity index (χ1) is 5.81. The molecule has 0 aliphatic rings. The lowest BCUT2D eigenvalue weighted by molar-refractivity contribution is 1.14. The summed E-state index contributed by atoms with van der Waals surface area (Å²) in [4.78, 5) is 0. The van der Waals surface area contributed by atoms with Gasteiger partial charge in [-0.1, -0.05) is 57.9 Å². The molecule has 0 spiro atoms. The van der Waals surface area contributed by atoms with Crippen molar-refractivity contribution in [2.24, 2.45) is 0 Å². The van der Waals surface area contributed by atoms with E-state index in [-0.39, 0.29) is 7.43 Å². The lowest BCUT2D eigenvalue weighted by atomic mass is 10.0. The topological polar surface area (TPSA) is 0 Å². The molecule has 0 heteroatoms. The van der Waals surface area contributed by atoms with Crippen LogP contribution in [0.2, 0.25) is 0 Å². The molecule has 70 valence electrons. The van der Waals surface area contributed by atoms with Gasteiger partial charge in [0.05, 0.1) is 0 Å². The Balaban J connectivity index is 0.00000144. The average molecular weight is 174 g/mol. The number of hydrogen-bond acceptors (Lipinski definition) is 0. The summed E-state index contributed by atoms with van der Waals surface area (Å²) in [6, 6.07) is 6.37. The molecule has 0 amide bonds. The molecule has 0 atom stereocenters. The van der Waals surface area contributed by atoms with Crippen LogP contribution in [0.3, 0.4) is 0 Å². The summed E-state index contributed by atoms with van der Waals surface area (Å²) in [6.07, 6.45) is 4.80. The maximum atomic E-state index is 3.77. The molecule has 0 radical (unpaired) electrons. The average Bonchev–Trinajstić information content (AvgIpc) is 2.16. The largest absolute Gasteiger partial charge is 0.0984 e. The van der Waals surface area contributed by atoms with Gasteiger partial charge in [-0.25, -0.2) is 0 Å². The molecule has 0 aliphatic heterocycles. The van der Waals surface area contributed by atoms with Crippen LogP contribution in [0.25, 0.3) is 12.2 Å². The fourth-order valence-corrected chi connectivity index (χ4v) is 1.21. The number of rotatable bonds is 3. The highest BCUT2D eigenvalue weighted by molar-refractivity contribution is 5.64. The van der Waals surface area contributed by atoms with Crippen molar-refractivity contribution in [1.29, 1.82) is 0 Å². The second-order valence-corrected chi connectivity index (χ2v) is 2.73. The Morgan fingerprint density at radius 2 is 1.77 bits per heavy atom. The van der Waals surface area contributed by atoms with Crippen LogP contribution in [0, 0.1) is 0 Å². The molecule has 1 aromatic rings. The third-order valence-corrected chi connectivity index (χ3v) is 2.00. The summed E-state index contributed by atoms with van der Waals surface area (Å²) >= 11 is 0. The van der Waals surface area contributed by atoms with Gasteiger partial charge in [-0.05, 0) is 23.1 Å². The van der Waals surface area contributed by atoms with Gasteiger partial charge in [0.15, 0.2) is 0 Å². The molecular formula is C13H18. The van der Waals surface area contributed by atoms with Gasteiger partial charge in [0.2, 0.25) is 0 Å². The predicted molar refractivity (Wildman–Crippen MR) is 62.7 cm³/mol. The van der Waals surface area contributed by atoms with Crippen LogP contribution in [0.4, 0.5) is 0 Å². The maximum Gasteiger partial charge on any atom is -0.0187 e. The van der Waals surface area contributed by atoms with Crippen molar-refractivity contribution in [3.8, 4) is 0 Å². The first-order valence-electron chi connectivity index (χ1n) is 4.19. The predicted octanol–water partition coefficient (Wildman–Crippen LogP) is 4.17. The number of aryl methyl sites for hydroxylation is 1. The SMILES string of the molecule is C.C=Cc1ccc(CC)cc1C=C. The fourth-order valence-electron chi connectivity index (χ4n) is 1.21. The second kappa shape index (κ2) is 5.36. The summed E-state index contributed by atoms with van der Waals surface area (Å²) in [5.41, 5.74) is 3.67. The molecule has 0 nitrogen and oxygen atoms in total. The van der Waals surface area contributed by atoms with Crippen LogP contribution < -0.4 is 0 Å². The maximum absolute atomic E-state index is 3.77. The monoisotopic (exact) mass is 174 g/mol. The van der Waals surface area contributed by atoms with Gasteiger partial charge in [-0.15, -0.1) is 0 Å². The minimum Gasteiger partial charge on any atom is -0.0984 e. The van der Waals surface area contributed by atoms with Crippen LogP contribution in [0.5, 0.6) is 0 Å². The van der Waals surface area contributed by atoms with Crippen LogP contribution in [-0.2, 0) is 6.42 Å². The van der Waals surface area contributed by atoms with Gasteiger partial charge in [-0.3, -0.25) is 0 Å². The summed E-state index contributed by atoms with van der Waals surface area (Å²) in [5, 5.41) is 0. The molecule has 0 N–H and O–H groups in total. The Kier molecular flexibility index (Phi) is 4.83. The van der Waals surface area contributed by atoms with Gasteiger partial charge < -0.3 is 0 Å². The zero-order valence-corrected chi connectivity index (χ0v) is 7.51. The first kappa shape index (κ1) is 11.7. The lowest BCUT2D eigenvalue weighted by Crippen LogP contribution is -1.84. The molecule has 0 bridgehead atoms. The number of benzene rings is 1. The van der Waals surface area contributed by atoms with Crippen molar-refractivity contribution in [3.05, 3.63) is 48.0 Å². The van der Waals surface area contributed by atoms with Crippen LogP contribution in [0.1, 0.15) is 31.0 Å². The zero-order valence-electron chi connectivity index (χ0n) is 7.51. The highest BCUT2D eigenvalue weighted by Gasteiger charge is 1.95. The molecule has 0 aliphatic carbocycles. The molecule has 13 heavy (non-hydrogen) atoms. The Labute approximate surface area is 81.6 Å². The van der Waals surface area contributed by atoms with E-state index in [0.29, 0.717) is 0 Å². The Bertz CT molecular complexity index is 295. The Morgan fingerprint density at radius 1 is 1.15 bits per heavy atom.